The van der Waals surface area contributed by atoms with Crippen molar-refractivity contribution in [3.8, 4) is 11.3 Å². The second-order valence-electron chi connectivity index (χ2n) is 7.73. The van der Waals surface area contributed by atoms with Crippen LogP contribution in [0.2, 0.25) is 0 Å². The Hall–Kier alpha value is -3.99. The van der Waals surface area contributed by atoms with Gasteiger partial charge in [-0.2, -0.15) is 18.2 Å². The first kappa shape index (κ1) is 21.8. The maximum absolute atomic E-state index is 13.8. The van der Waals surface area contributed by atoms with Crippen LogP contribution in [0.3, 0.4) is 0 Å². The van der Waals surface area contributed by atoms with Crippen LogP contribution in [0.5, 0.6) is 0 Å². The molecule has 0 spiro atoms. The summed E-state index contributed by atoms with van der Waals surface area (Å²) in [5.41, 5.74) is 5.99. The highest BCUT2D eigenvalue weighted by Gasteiger charge is 2.35. The van der Waals surface area contributed by atoms with Crippen LogP contribution in [-0.4, -0.2) is 46.2 Å². The number of halogens is 3. The molecule has 1 aromatic carbocycles. The quantitative estimate of drug-likeness (QED) is 0.459. The largest absolute Gasteiger partial charge is 0.417 e. The number of nitrogen functional groups attached to an aromatic ring is 1. The summed E-state index contributed by atoms with van der Waals surface area (Å²) < 4.78 is 46.7. The fourth-order valence-corrected chi connectivity index (χ4v) is 3.74. The smallest absolute Gasteiger partial charge is 0.384 e. The molecule has 1 aliphatic rings. The molecule has 4 heterocycles. The molecular weight excluding hydrogens is 447 g/mol. The Balaban J connectivity index is 1.60. The van der Waals surface area contributed by atoms with E-state index in [0.717, 1.165) is 23.2 Å². The van der Waals surface area contributed by atoms with Gasteiger partial charge in [-0.15, -0.1) is 0 Å². The summed E-state index contributed by atoms with van der Waals surface area (Å²) in [6.07, 6.45) is -1.90. The first-order valence-electron chi connectivity index (χ1n) is 10.5. The van der Waals surface area contributed by atoms with Crippen molar-refractivity contribution in [1.29, 1.82) is 0 Å². The topological polar surface area (TPSA) is 102 Å². The average Bonchev–Trinajstić information content (AvgIpc) is 2.84. The van der Waals surface area contributed by atoms with Crippen LogP contribution < -0.4 is 16.0 Å². The number of ether oxygens (including phenoxy) is 1. The highest BCUT2D eigenvalue weighted by molar-refractivity contribution is 5.82. The van der Waals surface area contributed by atoms with E-state index in [4.69, 9.17) is 10.5 Å². The van der Waals surface area contributed by atoms with Crippen molar-refractivity contribution < 1.29 is 17.9 Å². The number of alkyl halides is 3. The van der Waals surface area contributed by atoms with Gasteiger partial charge >= 0.3 is 6.18 Å². The molecule has 0 unspecified atom stereocenters. The fraction of sp³-hybridized carbons (Fsp3) is 0.217. The summed E-state index contributed by atoms with van der Waals surface area (Å²) in [5.74, 6) is 0.398. The van der Waals surface area contributed by atoms with Crippen molar-refractivity contribution in [2.45, 2.75) is 6.18 Å². The Morgan fingerprint density at radius 1 is 0.971 bits per heavy atom. The molecule has 174 valence electrons. The Labute approximate surface area is 192 Å². The van der Waals surface area contributed by atoms with Gasteiger partial charge in [-0.05, 0) is 18.2 Å². The van der Waals surface area contributed by atoms with Gasteiger partial charge in [-0.25, -0.2) is 9.97 Å². The third kappa shape index (κ3) is 4.55. The number of anilines is 4. The number of benzene rings is 1. The molecule has 8 nitrogen and oxygen atoms in total. The molecule has 0 amide bonds. The summed E-state index contributed by atoms with van der Waals surface area (Å²) in [4.78, 5) is 19.2. The van der Waals surface area contributed by atoms with Crippen molar-refractivity contribution in [1.82, 2.24) is 19.9 Å². The summed E-state index contributed by atoms with van der Waals surface area (Å²) in [7, 11) is 0. The van der Waals surface area contributed by atoms with E-state index in [1.165, 1.54) is 6.07 Å². The molecule has 0 bridgehead atoms. The van der Waals surface area contributed by atoms with Gasteiger partial charge in [0.25, 0.3) is 0 Å². The predicted molar refractivity (Wildman–Crippen MR) is 123 cm³/mol. The number of hydrogen-bond donors (Lipinski definition) is 2. The van der Waals surface area contributed by atoms with E-state index >= 15 is 0 Å². The molecule has 5 rings (SSSR count). The highest BCUT2D eigenvalue weighted by atomic mass is 19.4. The van der Waals surface area contributed by atoms with Crippen LogP contribution in [0.4, 0.5) is 36.4 Å². The lowest BCUT2D eigenvalue weighted by Gasteiger charge is -2.27. The third-order valence-electron chi connectivity index (χ3n) is 5.38. The second kappa shape index (κ2) is 8.75. The molecule has 1 fully saturated rings. The van der Waals surface area contributed by atoms with Crippen molar-refractivity contribution in [3.05, 3.63) is 60.4 Å². The van der Waals surface area contributed by atoms with Crippen LogP contribution in [0.15, 0.2) is 54.9 Å². The molecule has 3 aromatic heterocycles. The first-order chi connectivity index (χ1) is 16.4. The molecule has 0 atom stereocenters. The summed E-state index contributed by atoms with van der Waals surface area (Å²) in [5, 5.41) is 4.07. The Morgan fingerprint density at radius 3 is 2.56 bits per heavy atom. The standard InChI is InChI=1S/C23H20F3N7O/c24-23(25,26)17-10-20(27)29-13-16(17)19-11-21(32-22(31-19)33-5-7-34-8-6-33)30-15-9-14-3-1-2-4-18(14)28-12-15/h1-4,9-13H,5-8H2,(H2,27,29)(H,30,31,32). The number of nitrogens with two attached hydrogens (primary N) is 1. The van der Waals surface area contributed by atoms with Gasteiger partial charge in [-0.1, -0.05) is 18.2 Å². The molecule has 0 radical (unpaired) electrons. The molecule has 3 N–H and O–H groups in total. The van der Waals surface area contributed by atoms with Gasteiger partial charge in [0.1, 0.15) is 11.6 Å². The average molecular weight is 467 g/mol. The van der Waals surface area contributed by atoms with E-state index in [1.54, 1.807) is 6.20 Å². The molecule has 11 heteroatoms. The van der Waals surface area contributed by atoms with Crippen LogP contribution >= 0.6 is 0 Å². The zero-order valence-corrected chi connectivity index (χ0v) is 17.9. The lowest BCUT2D eigenvalue weighted by atomic mass is 10.1. The number of rotatable bonds is 4. The van der Waals surface area contributed by atoms with Crippen molar-refractivity contribution in [3.63, 3.8) is 0 Å². The lowest BCUT2D eigenvalue weighted by Crippen LogP contribution is -2.37. The number of pyridine rings is 2. The van der Waals surface area contributed by atoms with Gasteiger partial charge in [0.2, 0.25) is 5.95 Å². The zero-order valence-electron chi connectivity index (χ0n) is 17.9. The number of para-hydroxylation sites is 1. The number of aromatic nitrogens is 4. The Bertz CT molecular complexity index is 1340. The Kier molecular flexibility index (Phi) is 5.62. The number of morpholine rings is 1. The monoisotopic (exact) mass is 467 g/mol. The highest BCUT2D eigenvalue weighted by Crippen LogP contribution is 2.38. The number of fused-ring (bicyclic) bond motifs is 1. The molecule has 0 saturated carbocycles. The van der Waals surface area contributed by atoms with Crippen LogP contribution in [0, 0.1) is 0 Å². The van der Waals surface area contributed by atoms with Gasteiger partial charge in [0.15, 0.2) is 0 Å². The molecule has 34 heavy (non-hydrogen) atoms. The van der Waals surface area contributed by atoms with E-state index in [-0.39, 0.29) is 17.1 Å². The van der Waals surface area contributed by atoms with Gasteiger partial charge in [-0.3, -0.25) is 4.98 Å². The number of nitrogens with one attached hydrogen (secondary N) is 1. The van der Waals surface area contributed by atoms with Gasteiger partial charge in [0.05, 0.1) is 41.9 Å². The van der Waals surface area contributed by atoms with E-state index < -0.39 is 11.7 Å². The van der Waals surface area contributed by atoms with Crippen molar-refractivity contribution in [2.24, 2.45) is 0 Å². The minimum atomic E-state index is -4.63. The molecule has 1 aliphatic heterocycles. The van der Waals surface area contributed by atoms with E-state index in [1.807, 2.05) is 35.2 Å². The van der Waals surface area contributed by atoms with Crippen LogP contribution in [-0.2, 0) is 10.9 Å². The molecule has 1 saturated heterocycles. The number of nitrogens with zero attached hydrogens (tertiary/aromatic N) is 5. The van der Waals surface area contributed by atoms with Crippen LogP contribution in [0.25, 0.3) is 22.2 Å². The first-order valence-corrected chi connectivity index (χ1v) is 10.5. The lowest BCUT2D eigenvalue weighted by molar-refractivity contribution is -0.137. The molecule has 0 aliphatic carbocycles. The van der Waals surface area contributed by atoms with E-state index in [0.29, 0.717) is 43.8 Å². The zero-order chi connectivity index (χ0) is 23.7. The van der Waals surface area contributed by atoms with Crippen LogP contribution in [0.1, 0.15) is 5.56 Å². The van der Waals surface area contributed by atoms with Gasteiger partial charge < -0.3 is 20.7 Å². The molecule has 4 aromatic rings. The Morgan fingerprint density at radius 2 is 1.76 bits per heavy atom. The second-order valence-corrected chi connectivity index (χ2v) is 7.73. The maximum atomic E-state index is 13.8. The summed E-state index contributed by atoms with van der Waals surface area (Å²) in [6, 6.07) is 11.8. The van der Waals surface area contributed by atoms with Gasteiger partial charge in [0, 0.05) is 36.3 Å². The minimum absolute atomic E-state index is 0.0764. The predicted octanol–water partition coefficient (Wildman–Crippen LogP) is 4.27. The molecular formula is C23H20F3N7O. The minimum Gasteiger partial charge on any atom is -0.384 e. The number of hydrogen-bond acceptors (Lipinski definition) is 8. The third-order valence-corrected chi connectivity index (χ3v) is 5.38. The maximum Gasteiger partial charge on any atom is 0.417 e. The van der Waals surface area contributed by atoms with E-state index in [2.05, 4.69) is 25.3 Å². The SMILES string of the molecule is Nc1cc(C(F)(F)F)c(-c2cc(Nc3cnc4ccccc4c3)nc(N3CCOCC3)n2)cn1. The summed E-state index contributed by atoms with van der Waals surface area (Å²) >= 11 is 0. The normalized spacial score (nSPS) is 14.4. The fourth-order valence-electron chi connectivity index (χ4n) is 3.74. The van der Waals surface area contributed by atoms with E-state index in [9.17, 15) is 13.2 Å². The summed E-state index contributed by atoms with van der Waals surface area (Å²) in [6.45, 7) is 1.99. The van der Waals surface area contributed by atoms with Crippen molar-refractivity contribution in [2.75, 3.05) is 42.3 Å². The van der Waals surface area contributed by atoms with Crippen molar-refractivity contribution >= 4 is 34.2 Å².